The normalized spacial score (nSPS) is 17.5. The van der Waals surface area contributed by atoms with E-state index in [9.17, 15) is 9.59 Å². The van der Waals surface area contributed by atoms with Gasteiger partial charge in [0, 0.05) is 42.8 Å². The highest BCUT2D eigenvalue weighted by molar-refractivity contribution is 6.33. The summed E-state index contributed by atoms with van der Waals surface area (Å²) < 4.78 is 5.33. The highest BCUT2D eigenvalue weighted by atomic mass is 35.5. The van der Waals surface area contributed by atoms with Gasteiger partial charge in [0.05, 0.1) is 11.6 Å². The van der Waals surface area contributed by atoms with Gasteiger partial charge in [-0.15, -0.1) is 0 Å². The maximum atomic E-state index is 14.0. The maximum absolute atomic E-state index is 14.0. The van der Waals surface area contributed by atoms with Crippen LogP contribution in [0.1, 0.15) is 28.2 Å². The summed E-state index contributed by atoms with van der Waals surface area (Å²) in [6, 6.07) is 20.7. The smallest absolute Gasteiger partial charge is 0.407 e. The molecular weight excluding hydrogens is 511 g/mol. The van der Waals surface area contributed by atoms with Crippen LogP contribution >= 0.6 is 23.2 Å². The number of halogens is 2. The fourth-order valence-corrected chi connectivity index (χ4v) is 5.46. The highest BCUT2D eigenvalue weighted by Gasteiger charge is 2.44. The van der Waals surface area contributed by atoms with Crippen LogP contribution in [0.25, 0.3) is 0 Å². The molecule has 1 saturated heterocycles. The summed E-state index contributed by atoms with van der Waals surface area (Å²) in [6.45, 7) is 3.52. The third-order valence-electron chi connectivity index (χ3n) is 6.70. The Hall–Kier alpha value is -3.10. The largest absolute Gasteiger partial charge is 0.445 e. The van der Waals surface area contributed by atoms with Gasteiger partial charge in [-0.05, 0) is 46.9 Å². The molecule has 2 aliphatic heterocycles. The predicted octanol–water partition coefficient (Wildman–Crippen LogP) is 4.76. The standard InChI is InChI=1S/C28H28Cl2N4O3/c29-22-9-5-4-8-20(22)26-25-21(12-13-32-28(36)37-18-19-6-2-1-3-7-19)23(30)10-11-24(25)34(27(26)35)33-16-14-31-15-17-33/h1-11,26,31H,12-18H2,(H,32,36). The lowest BCUT2D eigenvalue weighted by Crippen LogP contribution is -2.54. The van der Waals surface area contributed by atoms with Crippen LogP contribution in [0.3, 0.4) is 0 Å². The first-order valence-electron chi connectivity index (χ1n) is 12.3. The summed E-state index contributed by atoms with van der Waals surface area (Å²) in [7, 11) is 0. The second kappa shape index (κ2) is 11.5. The van der Waals surface area contributed by atoms with Crippen molar-refractivity contribution in [2.45, 2.75) is 18.9 Å². The number of hydrogen-bond donors (Lipinski definition) is 2. The van der Waals surface area contributed by atoms with Crippen molar-refractivity contribution in [1.82, 2.24) is 15.6 Å². The van der Waals surface area contributed by atoms with Gasteiger partial charge >= 0.3 is 6.09 Å². The minimum atomic E-state index is -0.586. The fraction of sp³-hybridized carbons (Fsp3) is 0.286. The summed E-state index contributed by atoms with van der Waals surface area (Å²) in [4.78, 5) is 26.3. The maximum Gasteiger partial charge on any atom is 0.407 e. The van der Waals surface area contributed by atoms with E-state index < -0.39 is 12.0 Å². The minimum absolute atomic E-state index is 0.0521. The number of piperazine rings is 1. The van der Waals surface area contributed by atoms with Gasteiger partial charge in [-0.25, -0.2) is 14.8 Å². The SMILES string of the molecule is O=C(NCCc1c(Cl)ccc2c1C(c1ccccc1Cl)C(=O)N2N1CCNCC1)OCc1ccccc1. The van der Waals surface area contributed by atoms with Crippen molar-refractivity contribution in [2.24, 2.45) is 0 Å². The Kier molecular flexibility index (Phi) is 7.96. The average Bonchev–Trinajstić information content (AvgIpc) is 3.22. The van der Waals surface area contributed by atoms with Crippen LogP contribution in [-0.4, -0.2) is 49.7 Å². The molecule has 0 radical (unpaired) electrons. The zero-order valence-corrected chi connectivity index (χ0v) is 21.8. The van der Waals surface area contributed by atoms with E-state index in [2.05, 4.69) is 15.6 Å². The molecule has 3 aromatic carbocycles. The minimum Gasteiger partial charge on any atom is -0.445 e. The molecule has 1 atom stereocenters. The first-order chi connectivity index (χ1) is 18.0. The van der Waals surface area contributed by atoms with Crippen LogP contribution in [0.2, 0.25) is 10.0 Å². The second-order valence-corrected chi connectivity index (χ2v) is 9.82. The molecule has 2 amide bonds. The van der Waals surface area contributed by atoms with Crippen LogP contribution in [0.4, 0.5) is 10.5 Å². The molecule has 37 heavy (non-hydrogen) atoms. The molecule has 1 unspecified atom stereocenters. The quantitative estimate of drug-likeness (QED) is 0.453. The number of nitrogens with zero attached hydrogens (tertiary/aromatic N) is 2. The molecular formula is C28H28Cl2N4O3. The third kappa shape index (κ3) is 5.45. The van der Waals surface area contributed by atoms with E-state index >= 15 is 0 Å². The van der Waals surface area contributed by atoms with E-state index in [-0.39, 0.29) is 12.5 Å². The first kappa shape index (κ1) is 25.5. The molecule has 2 heterocycles. The van der Waals surface area contributed by atoms with Crippen LogP contribution < -0.4 is 15.6 Å². The van der Waals surface area contributed by atoms with Crippen molar-refractivity contribution < 1.29 is 14.3 Å². The number of nitrogens with one attached hydrogen (secondary N) is 2. The Morgan fingerprint density at radius 2 is 1.70 bits per heavy atom. The fourth-order valence-electron chi connectivity index (χ4n) is 4.96. The zero-order chi connectivity index (χ0) is 25.8. The molecule has 1 fully saturated rings. The highest BCUT2D eigenvalue weighted by Crippen LogP contribution is 2.47. The molecule has 0 aliphatic carbocycles. The molecule has 2 N–H and O–H groups in total. The van der Waals surface area contributed by atoms with Crippen LogP contribution in [0, 0.1) is 0 Å². The van der Waals surface area contributed by atoms with Gasteiger partial charge in [-0.2, -0.15) is 0 Å². The first-order valence-corrected chi connectivity index (χ1v) is 13.1. The summed E-state index contributed by atoms with van der Waals surface area (Å²) >= 11 is 13.3. The molecule has 2 aliphatic rings. The lowest BCUT2D eigenvalue weighted by molar-refractivity contribution is -0.121. The van der Waals surface area contributed by atoms with E-state index in [1.54, 1.807) is 11.1 Å². The van der Waals surface area contributed by atoms with Crippen molar-refractivity contribution >= 4 is 40.9 Å². The molecule has 7 nitrogen and oxygen atoms in total. The molecule has 192 valence electrons. The molecule has 0 aromatic heterocycles. The number of hydrazine groups is 1. The Labute approximate surface area is 226 Å². The summed E-state index contributed by atoms with van der Waals surface area (Å²) in [5, 5.41) is 11.1. The summed E-state index contributed by atoms with van der Waals surface area (Å²) in [5.74, 6) is -0.638. The predicted molar refractivity (Wildman–Crippen MR) is 145 cm³/mol. The van der Waals surface area contributed by atoms with E-state index in [4.69, 9.17) is 27.9 Å². The topological polar surface area (TPSA) is 73.9 Å². The lowest BCUT2D eigenvalue weighted by Gasteiger charge is -2.35. The monoisotopic (exact) mass is 538 g/mol. The van der Waals surface area contributed by atoms with Crippen molar-refractivity contribution in [3.8, 4) is 0 Å². The Balaban J connectivity index is 1.40. The zero-order valence-electron chi connectivity index (χ0n) is 20.3. The van der Waals surface area contributed by atoms with Crippen molar-refractivity contribution in [3.63, 3.8) is 0 Å². The number of carbonyl (C=O) groups excluding carboxylic acids is 2. The number of benzene rings is 3. The third-order valence-corrected chi connectivity index (χ3v) is 7.40. The lowest BCUT2D eigenvalue weighted by atomic mass is 9.88. The van der Waals surface area contributed by atoms with Gasteiger partial charge in [0.15, 0.2) is 0 Å². The molecule has 3 aromatic rings. The number of fused-ring (bicyclic) bond motifs is 1. The van der Waals surface area contributed by atoms with Crippen LogP contribution in [0.5, 0.6) is 0 Å². The average molecular weight is 539 g/mol. The van der Waals surface area contributed by atoms with Crippen molar-refractivity contribution in [1.29, 1.82) is 0 Å². The molecule has 0 saturated carbocycles. The number of ether oxygens (including phenoxy) is 1. The number of hydrogen-bond acceptors (Lipinski definition) is 5. The number of anilines is 1. The van der Waals surface area contributed by atoms with Gasteiger partial charge in [-0.3, -0.25) is 4.79 Å². The van der Waals surface area contributed by atoms with E-state index in [0.29, 0.717) is 36.1 Å². The second-order valence-electron chi connectivity index (χ2n) is 9.01. The van der Waals surface area contributed by atoms with Crippen LogP contribution in [-0.2, 0) is 22.6 Å². The molecule has 5 rings (SSSR count). The Morgan fingerprint density at radius 1 is 0.973 bits per heavy atom. The number of amides is 2. The van der Waals surface area contributed by atoms with Gasteiger partial charge in [0.1, 0.15) is 6.61 Å². The van der Waals surface area contributed by atoms with Gasteiger partial charge in [0.2, 0.25) is 0 Å². The summed E-state index contributed by atoms with van der Waals surface area (Å²) in [6.07, 6.45) is -0.0692. The van der Waals surface area contributed by atoms with E-state index in [1.807, 2.05) is 60.7 Å². The van der Waals surface area contributed by atoms with Crippen molar-refractivity contribution in [3.05, 3.63) is 99.0 Å². The molecule has 0 bridgehead atoms. The Morgan fingerprint density at radius 3 is 2.46 bits per heavy atom. The Bertz CT molecular complexity index is 1280. The van der Waals surface area contributed by atoms with E-state index in [1.165, 1.54) is 0 Å². The van der Waals surface area contributed by atoms with Gasteiger partial charge in [-0.1, -0.05) is 71.7 Å². The number of carbonyl (C=O) groups is 2. The van der Waals surface area contributed by atoms with Crippen molar-refractivity contribution in [2.75, 3.05) is 37.7 Å². The molecule has 9 heteroatoms. The van der Waals surface area contributed by atoms with E-state index in [0.717, 1.165) is 41.0 Å². The number of alkyl carbamates (subject to hydrolysis) is 1. The van der Waals surface area contributed by atoms with Gasteiger partial charge in [0.25, 0.3) is 5.91 Å². The van der Waals surface area contributed by atoms with Gasteiger partial charge < -0.3 is 15.4 Å². The number of rotatable bonds is 7. The summed E-state index contributed by atoms with van der Waals surface area (Å²) in [5.41, 5.74) is 4.12. The molecule has 0 spiro atoms. The van der Waals surface area contributed by atoms with Crippen LogP contribution in [0.15, 0.2) is 66.7 Å².